The van der Waals surface area contributed by atoms with E-state index >= 15 is 0 Å². The molecule has 0 aromatic heterocycles. The van der Waals surface area contributed by atoms with E-state index in [1.54, 1.807) is 0 Å². The Hall–Kier alpha value is -0.580. The molecule has 14 heavy (non-hydrogen) atoms. The summed E-state index contributed by atoms with van der Waals surface area (Å²) in [5, 5.41) is 2.72. The zero-order valence-electron chi connectivity index (χ0n) is 8.56. The molecule has 0 aliphatic carbocycles. The van der Waals surface area contributed by atoms with Crippen molar-refractivity contribution < 1.29 is 13.9 Å². The summed E-state index contributed by atoms with van der Waals surface area (Å²) in [6, 6.07) is 0. The second-order valence-corrected chi connectivity index (χ2v) is 4.32. The van der Waals surface area contributed by atoms with E-state index in [0.717, 1.165) is 0 Å². The normalized spacial score (nSPS) is 12.5. The fourth-order valence-electron chi connectivity index (χ4n) is 0.605. The van der Waals surface area contributed by atoms with Crippen molar-refractivity contribution in [3.8, 4) is 0 Å². The minimum atomic E-state index is -0.545. The van der Waals surface area contributed by atoms with E-state index in [0.29, 0.717) is 0 Å². The minimum Gasteiger partial charge on any atom is -0.445 e. The number of nitrogens with one attached hydrogen (secondary N) is 1. The Morgan fingerprint density at radius 2 is 2.14 bits per heavy atom. The van der Waals surface area contributed by atoms with Gasteiger partial charge in [-0.3, -0.25) is 0 Å². The number of hydrogen-bond acceptors (Lipinski definition) is 2. The highest BCUT2D eigenvalue weighted by Crippen LogP contribution is 2.01. The van der Waals surface area contributed by atoms with Crippen LogP contribution >= 0.6 is 15.9 Å². The number of rotatable bonds is 3. The molecule has 0 radical (unpaired) electrons. The van der Waals surface area contributed by atoms with Crippen LogP contribution < -0.4 is 5.32 Å². The number of alkyl halides is 1. The van der Waals surface area contributed by atoms with Gasteiger partial charge in [-0.15, -0.1) is 0 Å². The molecule has 0 aliphatic rings. The van der Waals surface area contributed by atoms with Gasteiger partial charge in [-0.25, -0.2) is 9.18 Å². The molecule has 5 heteroatoms. The SMILES string of the molecule is CC(C)(C)NC(=O)OC/C=C(\F)CBr. The minimum absolute atomic E-state index is 0.0562. The van der Waals surface area contributed by atoms with Gasteiger partial charge < -0.3 is 10.1 Å². The summed E-state index contributed by atoms with van der Waals surface area (Å²) in [7, 11) is 0. The first-order valence-corrected chi connectivity index (χ1v) is 5.33. The van der Waals surface area contributed by atoms with Crippen LogP contribution in [0.5, 0.6) is 0 Å². The van der Waals surface area contributed by atoms with E-state index in [9.17, 15) is 9.18 Å². The summed E-state index contributed by atoms with van der Waals surface area (Å²) >= 11 is 2.93. The summed E-state index contributed by atoms with van der Waals surface area (Å²) in [5.74, 6) is -0.353. The van der Waals surface area contributed by atoms with Crippen molar-refractivity contribution in [1.82, 2.24) is 5.32 Å². The topological polar surface area (TPSA) is 38.3 Å². The molecule has 0 atom stereocenters. The molecule has 0 heterocycles. The van der Waals surface area contributed by atoms with Gasteiger partial charge in [0.2, 0.25) is 0 Å². The van der Waals surface area contributed by atoms with Gasteiger partial charge in [-0.2, -0.15) is 0 Å². The second kappa shape index (κ2) is 6.01. The number of ether oxygens (including phenoxy) is 1. The van der Waals surface area contributed by atoms with Crippen molar-refractivity contribution >= 4 is 22.0 Å². The zero-order chi connectivity index (χ0) is 11.2. The molecule has 0 fully saturated rings. The van der Waals surface area contributed by atoms with Crippen LogP contribution in [0.3, 0.4) is 0 Å². The molecule has 82 valence electrons. The second-order valence-electron chi connectivity index (χ2n) is 3.76. The van der Waals surface area contributed by atoms with Crippen molar-refractivity contribution in [2.75, 3.05) is 11.9 Å². The lowest BCUT2D eigenvalue weighted by Crippen LogP contribution is -2.40. The summed E-state index contributed by atoms with van der Waals surface area (Å²) in [5.41, 5.74) is -0.339. The van der Waals surface area contributed by atoms with Crippen LogP contribution in [-0.2, 0) is 4.74 Å². The van der Waals surface area contributed by atoms with Gasteiger partial charge in [-0.1, -0.05) is 15.9 Å². The Bertz CT molecular complexity index is 223. The van der Waals surface area contributed by atoms with Gasteiger partial charge in [0.25, 0.3) is 0 Å². The lowest BCUT2D eigenvalue weighted by Gasteiger charge is -2.19. The molecule has 0 bridgehead atoms. The molecule has 0 saturated carbocycles. The molecular weight excluding hydrogens is 253 g/mol. The van der Waals surface area contributed by atoms with Crippen molar-refractivity contribution in [2.45, 2.75) is 26.3 Å². The van der Waals surface area contributed by atoms with Crippen molar-refractivity contribution in [1.29, 1.82) is 0 Å². The maximum Gasteiger partial charge on any atom is 0.407 e. The third-order valence-electron chi connectivity index (χ3n) is 1.12. The first kappa shape index (κ1) is 13.4. The van der Waals surface area contributed by atoms with Crippen LogP contribution in [0.15, 0.2) is 11.9 Å². The van der Waals surface area contributed by atoms with Crippen LogP contribution in [0.1, 0.15) is 20.8 Å². The molecule has 3 nitrogen and oxygen atoms in total. The molecule has 0 aromatic rings. The van der Waals surface area contributed by atoms with Crippen LogP contribution in [0.4, 0.5) is 9.18 Å². The Morgan fingerprint density at radius 1 is 1.57 bits per heavy atom. The van der Waals surface area contributed by atoms with Crippen LogP contribution in [0.2, 0.25) is 0 Å². The first-order valence-electron chi connectivity index (χ1n) is 4.20. The maximum atomic E-state index is 12.5. The van der Waals surface area contributed by atoms with E-state index in [-0.39, 0.29) is 23.3 Å². The van der Waals surface area contributed by atoms with Gasteiger partial charge in [0.1, 0.15) is 12.4 Å². The number of allylic oxidation sites excluding steroid dienone is 1. The Balaban J connectivity index is 3.76. The van der Waals surface area contributed by atoms with Gasteiger partial charge in [0, 0.05) is 5.54 Å². The molecule has 1 amide bonds. The predicted molar refractivity (Wildman–Crippen MR) is 57.2 cm³/mol. The highest BCUT2D eigenvalue weighted by Gasteiger charge is 2.13. The van der Waals surface area contributed by atoms with E-state index in [4.69, 9.17) is 4.74 Å². The van der Waals surface area contributed by atoms with Gasteiger partial charge in [-0.05, 0) is 26.8 Å². The fraction of sp³-hybridized carbons (Fsp3) is 0.667. The monoisotopic (exact) mass is 267 g/mol. The lowest BCUT2D eigenvalue weighted by atomic mass is 10.1. The fourth-order valence-corrected chi connectivity index (χ4v) is 0.834. The Labute approximate surface area is 91.8 Å². The lowest BCUT2D eigenvalue weighted by molar-refractivity contribution is 0.148. The van der Waals surface area contributed by atoms with Gasteiger partial charge in [0.05, 0.1) is 5.33 Å². The van der Waals surface area contributed by atoms with Gasteiger partial charge in [0.15, 0.2) is 0 Å². The van der Waals surface area contributed by atoms with Crippen LogP contribution in [-0.4, -0.2) is 23.6 Å². The van der Waals surface area contributed by atoms with E-state index < -0.39 is 6.09 Å². The van der Waals surface area contributed by atoms with E-state index in [1.807, 2.05) is 20.8 Å². The Morgan fingerprint density at radius 3 is 2.57 bits per heavy atom. The van der Waals surface area contributed by atoms with Crippen molar-refractivity contribution in [3.63, 3.8) is 0 Å². The number of amides is 1. The highest BCUT2D eigenvalue weighted by molar-refractivity contribution is 9.09. The molecule has 0 unspecified atom stereocenters. The number of hydrogen-bond donors (Lipinski definition) is 1. The summed E-state index contributed by atoms with van der Waals surface area (Å²) in [4.78, 5) is 11.0. The molecule has 0 aliphatic heterocycles. The van der Waals surface area contributed by atoms with E-state index in [2.05, 4.69) is 21.2 Å². The number of carbonyl (C=O) groups is 1. The van der Waals surface area contributed by atoms with Crippen molar-refractivity contribution in [2.24, 2.45) is 0 Å². The summed E-state index contributed by atoms with van der Waals surface area (Å²) in [6.45, 7) is 5.45. The average molecular weight is 268 g/mol. The molecular formula is C9H15BrFNO2. The van der Waals surface area contributed by atoms with Crippen LogP contribution in [0, 0.1) is 0 Å². The maximum absolute atomic E-state index is 12.5. The van der Waals surface area contributed by atoms with Crippen LogP contribution in [0.25, 0.3) is 0 Å². The summed E-state index contributed by atoms with van der Waals surface area (Å²) < 4.78 is 17.2. The third kappa shape index (κ3) is 8.04. The molecule has 0 spiro atoms. The molecule has 1 N–H and O–H groups in total. The highest BCUT2D eigenvalue weighted by atomic mass is 79.9. The van der Waals surface area contributed by atoms with Gasteiger partial charge >= 0.3 is 6.09 Å². The van der Waals surface area contributed by atoms with E-state index in [1.165, 1.54) is 6.08 Å². The zero-order valence-corrected chi connectivity index (χ0v) is 10.1. The molecule has 0 saturated heterocycles. The smallest absolute Gasteiger partial charge is 0.407 e. The average Bonchev–Trinajstić information content (AvgIpc) is 2.00. The standard InChI is InChI=1S/C9H15BrFNO2/c1-9(2,3)12-8(13)14-5-4-7(11)6-10/h4H,5-6H2,1-3H3,(H,12,13)/b7-4-. The summed E-state index contributed by atoms with van der Waals surface area (Å²) in [6.07, 6.45) is 0.660. The third-order valence-corrected chi connectivity index (χ3v) is 1.66. The Kier molecular flexibility index (Phi) is 5.76. The number of halogens is 2. The van der Waals surface area contributed by atoms with Crippen molar-refractivity contribution in [3.05, 3.63) is 11.9 Å². The first-order chi connectivity index (χ1) is 6.35. The number of alkyl carbamates (subject to hydrolysis) is 1. The quantitative estimate of drug-likeness (QED) is 0.799. The predicted octanol–water partition coefficient (Wildman–Crippen LogP) is 2.76. The molecule has 0 aromatic carbocycles. The molecule has 0 rings (SSSR count). The largest absolute Gasteiger partial charge is 0.445 e. The number of carbonyl (C=O) groups excluding carboxylic acids is 1.